The summed E-state index contributed by atoms with van der Waals surface area (Å²) in [5.41, 5.74) is 0.882. The maximum Gasteiger partial charge on any atom is 0.311 e. The number of benzene rings is 1. The highest BCUT2D eigenvalue weighted by molar-refractivity contribution is 6.00. The molecule has 0 aliphatic carbocycles. The lowest BCUT2D eigenvalue weighted by Crippen LogP contribution is -2.32. The van der Waals surface area contributed by atoms with Crippen LogP contribution in [0.2, 0.25) is 0 Å². The van der Waals surface area contributed by atoms with Gasteiger partial charge in [0.1, 0.15) is 0 Å². The second-order valence-electron chi connectivity index (χ2n) is 3.42. The molecule has 6 nitrogen and oxygen atoms in total. The van der Waals surface area contributed by atoms with Gasteiger partial charge in [-0.25, -0.2) is 0 Å². The first-order valence-corrected chi connectivity index (χ1v) is 4.77. The van der Waals surface area contributed by atoms with Gasteiger partial charge in [0.05, 0.1) is 17.6 Å². The molecule has 1 aliphatic heterocycles. The molecule has 0 bridgehead atoms. The number of hydrogen-bond acceptors (Lipinski definition) is 4. The molecule has 1 N–H and O–H groups in total. The predicted octanol–water partition coefficient (Wildman–Crippen LogP) is 0.889. The van der Waals surface area contributed by atoms with Crippen LogP contribution in [-0.2, 0) is 6.42 Å². The number of methoxy groups -OCH3 is 1. The predicted molar refractivity (Wildman–Crippen MR) is 55.7 cm³/mol. The molecule has 1 amide bonds. The maximum atomic E-state index is 11.6. The van der Waals surface area contributed by atoms with Crippen LogP contribution in [-0.4, -0.2) is 24.5 Å². The monoisotopic (exact) mass is 222 g/mol. The average molecular weight is 222 g/mol. The van der Waals surface area contributed by atoms with Gasteiger partial charge in [-0.2, -0.15) is 0 Å². The number of hydrogen-bond donors (Lipinski definition) is 1. The molecule has 1 aromatic rings. The molecule has 0 aromatic heterocycles. The zero-order chi connectivity index (χ0) is 11.7. The second-order valence-corrected chi connectivity index (χ2v) is 3.42. The van der Waals surface area contributed by atoms with E-state index in [-0.39, 0.29) is 22.9 Å². The summed E-state index contributed by atoms with van der Waals surface area (Å²) in [5.74, 6) is -0.276. The zero-order valence-electron chi connectivity index (χ0n) is 8.65. The van der Waals surface area contributed by atoms with Crippen molar-refractivity contribution in [3.8, 4) is 5.75 Å². The fourth-order valence-corrected chi connectivity index (χ4v) is 1.82. The second kappa shape index (κ2) is 3.80. The number of fused-ring (bicyclic) bond motifs is 1. The number of ether oxygens (including phenoxy) is 1. The fourth-order valence-electron chi connectivity index (χ4n) is 1.82. The molecule has 16 heavy (non-hydrogen) atoms. The largest absolute Gasteiger partial charge is 0.490 e. The smallest absolute Gasteiger partial charge is 0.311 e. The highest BCUT2D eigenvalue weighted by Gasteiger charge is 2.28. The number of amides is 1. The van der Waals surface area contributed by atoms with Crippen LogP contribution in [0.1, 0.15) is 15.9 Å². The van der Waals surface area contributed by atoms with Crippen LogP contribution in [0, 0.1) is 10.1 Å². The Hall–Kier alpha value is -2.11. The van der Waals surface area contributed by atoms with Gasteiger partial charge in [-0.3, -0.25) is 14.9 Å². The van der Waals surface area contributed by atoms with E-state index in [4.69, 9.17) is 4.74 Å². The maximum absolute atomic E-state index is 11.6. The van der Waals surface area contributed by atoms with E-state index in [9.17, 15) is 14.9 Å². The summed E-state index contributed by atoms with van der Waals surface area (Å²) in [6.45, 7) is 0.548. The molecule has 84 valence electrons. The lowest BCUT2D eigenvalue weighted by atomic mass is 9.98. The molecule has 1 heterocycles. The molecule has 0 saturated carbocycles. The summed E-state index contributed by atoms with van der Waals surface area (Å²) < 4.78 is 4.97. The van der Waals surface area contributed by atoms with Crippen LogP contribution < -0.4 is 10.1 Å². The van der Waals surface area contributed by atoms with E-state index in [0.717, 1.165) is 5.56 Å². The molecular formula is C10H10N2O4. The minimum atomic E-state index is -0.555. The summed E-state index contributed by atoms with van der Waals surface area (Å²) in [6.07, 6.45) is 0.662. The standard InChI is InChI=1S/C10H10N2O4/c1-16-9-7(12(14)15)3-2-6-4-5-11-10(13)8(6)9/h2-3H,4-5H2,1H3,(H,11,13). The molecule has 6 heteroatoms. The van der Waals surface area contributed by atoms with Crippen molar-refractivity contribution >= 4 is 11.6 Å². The van der Waals surface area contributed by atoms with E-state index >= 15 is 0 Å². The van der Waals surface area contributed by atoms with Gasteiger partial charge < -0.3 is 10.1 Å². The van der Waals surface area contributed by atoms with Gasteiger partial charge >= 0.3 is 5.69 Å². The van der Waals surface area contributed by atoms with Crippen LogP contribution in [0.5, 0.6) is 5.75 Å². The zero-order valence-corrected chi connectivity index (χ0v) is 8.65. The number of carbonyl (C=O) groups is 1. The van der Waals surface area contributed by atoms with Crippen LogP contribution in [0.25, 0.3) is 0 Å². The van der Waals surface area contributed by atoms with Gasteiger partial charge in [0.2, 0.25) is 5.75 Å². The average Bonchev–Trinajstić information content (AvgIpc) is 2.27. The minimum Gasteiger partial charge on any atom is -0.490 e. The van der Waals surface area contributed by atoms with Gasteiger partial charge in [0.15, 0.2) is 0 Å². The van der Waals surface area contributed by atoms with E-state index in [1.165, 1.54) is 13.2 Å². The minimum absolute atomic E-state index is 0.0414. The topological polar surface area (TPSA) is 81.5 Å². The van der Waals surface area contributed by atoms with Crippen molar-refractivity contribution in [2.45, 2.75) is 6.42 Å². The van der Waals surface area contributed by atoms with Crippen molar-refractivity contribution in [3.63, 3.8) is 0 Å². The molecule has 0 spiro atoms. The molecular weight excluding hydrogens is 212 g/mol. The SMILES string of the molecule is COc1c([N+](=O)[O-])ccc2c1C(=O)NCC2. The Labute approximate surface area is 91.4 Å². The number of carbonyl (C=O) groups excluding carboxylic acids is 1. The van der Waals surface area contributed by atoms with E-state index in [0.29, 0.717) is 13.0 Å². The van der Waals surface area contributed by atoms with Crippen molar-refractivity contribution in [2.75, 3.05) is 13.7 Å². The van der Waals surface area contributed by atoms with Gasteiger partial charge in [-0.05, 0) is 12.0 Å². The Kier molecular flexibility index (Phi) is 2.47. The third-order valence-electron chi connectivity index (χ3n) is 2.53. The first-order valence-electron chi connectivity index (χ1n) is 4.77. The van der Waals surface area contributed by atoms with E-state index < -0.39 is 4.92 Å². The lowest BCUT2D eigenvalue weighted by molar-refractivity contribution is -0.385. The molecule has 0 saturated heterocycles. The van der Waals surface area contributed by atoms with Crippen LogP contribution in [0.15, 0.2) is 12.1 Å². The summed E-state index contributed by atoms with van der Waals surface area (Å²) >= 11 is 0. The van der Waals surface area contributed by atoms with Gasteiger partial charge in [0, 0.05) is 12.6 Å². The van der Waals surface area contributed by atoms with Crippen molar-refractivity contribution in [1.29, 1.82) is 0 Å². The molecule has 1 aliphatic rings. The quantitative estimate of drug-likeness (QED) is 0.595. The Morgan fingerprint density at radius 3 is 2.88 bits per heavy atom. The Morgan fingerprint density at radius 1 is 1.50 bits per heavy atom. The van der Waals surface area contributed by atoms with Crippen molar-refractivity contribution in [3.05, 3.63) is 33.4 Å². The third kappa shape index (κ3) is 1.48. The van der Waals surface area contributed by atoms with E-state index in [1.54, 1.807) is 6.07 Å². The first-order chi connectivity index (χ1) is 7.65. The Morgan fingerprint density at radius 2 is 2.25 bits per heavy atom. The molecule has 0 fully saturated rings. The fraction of sp³-hybridized carbons (Fsp3) is 0.300. The number of nitrogens with one attached hydrogen (secondary N) is 1. The molecule has 2 rings (SSSR count). The summed E-state index contributed by atoms with van der Waals surface area (Å²) in [5, 5.41) is 13.4. The number of nitrogens with zero attached hydrogens (tertiary/aromatic N) is 1. The molecule has 0 atom stereocenters. The van der Waals surface area contributed by atoms with Crippen LogP contribution >= 0.6 is 0 Å². The number of nitro benzene ring substituents is 1. The van der Waals surface area contributed by atoms with E-state index in [1.807, 2.05) is 0 Å². The van der Waals surface area contributed by atoms with Crippen molar-refractivity contribution < 1.29 is 14.5 Å². The number of nitro groups is 1. The molecule has 1 aromatic carbocycles. The Balaban J connectivity index is 2.67. The molecule has 0 unspecified atom stereocenters. The van der Waals surface area contributed by atoms with Gasteiger partial charge in [0.25, 0.3) is 5.91 Å². The van der Waals surface area contributed by atoms with Crippen molar-refractivity contribution in [2.24, 2.45) is 0 Å². The highest BCUT2D eigenvalue weighted by atomic mass is 16.6. The molecule has 0 radical (unpaired) electrons. The normalized spacial score (nSPS) is 13.9. The van der Waals surface area contributed by atoms with E-state index in [2.05, 4.69) is 5.32 Å². The number of rotatable bonds is 2. The van der Waals surface area contributed by atoms with Gasteiger partial charge in [-0.1, -0.05) is 6.07 Å². The summed E-state index contributed by atoms with van der Waals surface area (Å²) in [4.78, 5) is 21.8. The summed E-state index contributed by atoms with van der Waals surface area (Å²) in [7, 11) is 1.32. The first kappa shape index (κ1) is 10.4. The van der Waals surface area contributed by atoms with Gasteiger partial charge in [-0.15, -0.1) is 0 Å². The highest BCUT2D eigenvalue weighted by Crippen LogP contribution is 2.34. The Bertz CT molecular complexity index is 470. The third-order valence-corrected chi connectivity index (χ3v) is 2.53. The van der Waals surface area contributed by atoms with Crippen molar-refractivity contribution in [1.82, 2.24) is 5.32 Å². The van der Waals surface area contributed by atoms with Crippen LogP contribution in [0.3, 0.4) is 0 Å². The summed E-state index contributed by atoms with van der Waals surface area (Å²) in [6, 6.07) is 2.98. The van der Waals surface area contributed by atoms with Crippen LogP contribution in [0.4, 0.5) is 5.69 Å². The lowest BCUT2D eigenvalue weighted by Gasteiger charge is -2.18.